The smallest absolute Gasteiger partial charge is 0.244 e. The van der Waals surface area contributed by atoms with Crippen molar-refractivity contribution in [1.82, 2.24) is 20.3 Å². The van der Waals surface area contributed by atoms with Crippen molar-refractivity contribution in [2.45, 2.75) is 26.0 Å². The lowest BCUT2D eigenvalue weighted by molar-refractivity contribution is -0.124. The second kappa shape index (κ2) is 8.14. The van der Waals surface area contributed by atoms with E-state index in [1.807, 2.05) is 42.5 Å². The molecule has 3 aromatic rings. The van der Waals surface area contributed by atoms with Crippen LogP contribution in [-0.2, 0) is 17.8 Å². The minimum Gasteiger partial charge on any atom is -0.487 e. The van der Waals surface area contributed by atoms with Gasteiger partial charge in [0.25, 0.3) is 0 Å². The maximum atomic E-state index is 12.2. The Morgan fingerprint density at radius 1 is 1.28 bits per heavy atom. The van der Waals surface area contributed by atoms with Gasteiger partial charge in [0, 0.05) is 13.0 Å². The molecule has 2 heterocycles. The number of furan rings is 1. The predicted molar refractivity (Wildman–Crippen MR) is 90.9 cm³/mol. The highest BCUT2D eigenvalue weighted by Gasteiger charge is 2.16. The maximum Gasteiger partial charge on any atom is 0.244 e. The highest BCUT2D eigenvalue weighted by atomic mass is 16.5. The van der Waals surface area contributed by atoms with Crippen LogP contribution < -0.4 is 10.1 Å². The van der Waals surface area contributed by atoms with Gasteiger partial charge in [-0.3, -0.25) is 4.79 Å². The van der Waals surface area contributed by atoms with Gasteiger partial charge in [-0.05, 0) is 31.2 Å². The first-order valence-corrected chi connectivity index (χ1v) is 8.11. The summed E-state index contributed by atoms with van der Waals surface area (Å²) in [6, 6.07) is 12.7. The van der Waals surface area contributed by atoms with E-state index >= 15 is 0 Å². The molecule has 0 fully saturated rings. The Hall–Kier alpha value is -3.09. The number of carbonyl (C=O) groups is 1. The zero-order chi connectivity index (χ0) is 17.5. The molecule has 25 heavy (non-hydrogen) atoms. The number of para-hydroxylation sites is 1. The summed E-state index contributed by atoms with van der Waals surface area (Å²) in [5, 5.41) is 10.9. The van der Waals surface area contributed by atoms with Crippen LogP contribution in [0.2, 0.25) is 0 Å². The number of carbonyl (C=O) groups excluding carboxylic acids is 1. The minimum absolute atomic E-state index is 0.119. The maximum absolute atomic E-state index is 12.2. The van der Waals surface area contributed by atoms with Gasteiger partial charge in [0.2, 0.25) is 5.91 Å². The standard InChI is InChI=1S/C18H20N4O3/c1-14(18(23)19-10-9-17-8-5-11-24-17)22-12-15(20-21-22)13-25-16-6-3-2-4-7-16/h2-8,11-12,14H,9-10,13H2,1H3,(H,19,23). The fraction of sp³-hybridized carbons (Fsp3) is 0.278. The Bertz CT molecular complexity index is 784. The molecule has 3 rings (SSSR count). The summed E-state index contributed by atoms with van der Waals surface area (Å²) in [5.74, 6) is 1.49. The van der Waals surface area contributed by atoms with Crippen LogP contribution in [0.25, 0.3) is 0 Å². The Labute approximate surface area is 145 Å². The highest BCUT2D eigenvalue weighted by molar-refractivity contribution is 5.79. The first kappa shape index (κ1) is 16.8. The highest BCUT2D eigenvalue weighted by Crippen LogP contribution is 2.11. The average Bonchev–Trinajstić information content (AvgIpc) is 3.32. The number of rotatable bonds is 8. The molecule has 7 heteroatoms. The summed E-state index contributed by atoms with van der Waals surface area (Å²) in [5.41, 5.74) is 0.666. The second-order valence-corrected chi connectivity index (χ2v) is 5.59. The number of nitrogens with zero attached hydrogens (tertiary/aromatic N) is 3. The third-order valence-electron chi connectivity index (χ3n) is 3.71. The molecule has 130 valence electrons. The average molecular weight is 340 g/mol. The molecule has 1 atom stereocenters. The second-order valence-electron chi connectivity index (χ2n) is 5.59. The minimum atomic E-state index is -0.449. The SMILES string of the molecule is CC(C(=O)NCCc1ccco1)n1cc(COc2ccccc2)nn1. The first-order chi connectivity index (χ1) is 12.2. The van der Waals surface area contributed by atoms with Crippen molar-refractivity contribution in [2.75, 3.05) is 6.54 Å². The first-order valence-electron chi connectivity index (χ1n) is 8.11. The third-order valence-corrected chi connectivity index (χ3v) is 3.71. The number of hydrogen-bond acceptors (Lipinski definition) is 5. The lowest BCUT2D eigenvalue weighted by Gasteiger charge is -2.11. The van der Waals surface area contributed by atoms with Crippen molar-refractivity contribution in [3.8, 4) is 5.75 Å². The fourth-order valence-corrected chi connectivity index (χ4v) is 2.27. The van der Waals surface area contributed by atoms with E-state index in [0.29, 0.717) is 25.3 Å². The molecule has 1 unspecified atom stereocenters. The molecular weight excluding hydrogens is 320 g/mol. The molecule has 0 aliphatic heterocycles. The number of benzene rings is 1. The van der Waals surface area contributed by atoms with Gasteiger partial charge in [-0.25, -0.2) is 4.68 Å². The van der Waals surface area contributed by atoms with Crippen molar-refractivity contribution in [2.24, 2.45) is 0 Å². The van der Waals surface area contributed by atoms with E-state index in [2.05, 4.69) is 15.6 Å². The lowest BCUT2D eigenvalue weighted by Crippen LogP contribution is -2.32. The molecule has 0 saturated carbocycles. The molecular formula is C18H20N4O3. The fourth-order valence-electron chi connectivity index (χ4n) is 2.27. The molecule has 2 aromatic heterocycles. The lowest BCUT2D eigenvalue weighted by atomic mass is 10.3. The van der Waals surface area contributed by atoms with E-state index < -0.39 is 6.04 Å². The molecule has 0 spiro atoms. The Kier molecular flexibility index (Phi) is 5.46. The molecule has 1 amide bonds. The predicted octanol–water partition coefficient (Wildman–Crippen LogP) is 2.37. The molecule has 0 bridgehead atoms. The van der Waals surface area contributed by atoms with E-state index in [1.54, 1.807) is 19.4 Å². The zero-order valence-electron chi connectivity index (χ0n) is 14.0. The molecule has 0 aliphatic rings. The van der Waals surface area contributed by atoms with Gasteiger partial charge in [0.15, 0.2) is 0 Å². The van der Waals surface area contributed by atoms with Crippen LogP contribution >= 0.6 is 0 Å². The number of aromatic nitrogens is 3. The number of hydrogen-bond donors (Lipinski definition) is 1. The van der Waals surface area contributed by atoms with Crippen molar-refractivity contribution in [1.29, 1.82) is 0 Å². The van der Waals surface area contributed by atoms with Gasteiger partial charge < -0.3 is 14.5 Å². The summed E-state index contributed by atoms with van der Waals surface area (Å²) < 4.78 is 12.4. The van der Waals surface area contributed by atoms with Crippen LogP contribution in [0.4, 0.5) is 0 Å². The molecule has 0 radical (unpaired) electrons. The van der Waals surface area contributed by atoms with E-state index in [0.717, 1.165) is 11.5 Å². The molecule has 1 N–H and O–H groups in total. The van der Waals surface area contributed by atoms with Crippen LogP contribution in [0, 0.1) is 0 Å². The van der Waals surface area contributed by atoms with E-state index in [1.165, 1.54) is 4.68 Å². The number of ether oxygens (including phenoxy) is 1. The normalized spacial score (nSPS) is 11.9. The van der Waals surface area contributed by atoms with Crippen LogP contribution in [0.1, 0.15) is 24.4 Å². The van der Waals surface area contributed by atoms with Crippen molar-refractivity contribution in [3.05, 3.63) is 66.4 Å². The number of nitrogens with one attached hydrogen (secondary N) is 1. The molecule has 1 aromatic carbocycles. The van der Waals surface area contributed by atoms with Crippen molar-refractivity contribution >= 4 is 5.91 Å². The van der Waals surface area contributed by atoms with E-state index in [9.17, 15) is 4.79 Å². The van der Waals surface area contributed by atoms with Gasteiger partial charge in [-0.2, -0.15) is 0 Å². The Morgan fingerprint density at radius 3 is 2.88 bits per heavy atom. The van der Waals surface area contributed by atoms with Gasteiger partial charge in [0.05, 0.1) is 12.5 Å². The van der Waals surface area contributed by atoms with Gasteiger partial charge in [-0.1, -0.05) is 23.4 Å². The zero-order valence-corrected chi connectivity index (χ0v) is 14.0. The summed E-state index contributed by atoms with van der Waals surface area (Å²) >= 11 is 0. The molecule has 7 nitrogen and oxygen atoms in total. The monoisotopic (exact) mass is 340 g/mol. The van der Waals surface area contributed by atoms with Gasteiger partial charge >= 0.3 is 0 Å². The number of amides is 1. The van der Waals surface area contributed by atoms with Crippen molar-refractivity contribution in [3.63, 3.8) is 0 Å². The van der Waals surface area contributed by atoms with Crippen LogP contribution in [0.15, 0.2) is 59.3 Å². The summed E-state index contributed by atoms with van der Waals surface area (Å²) in [4.78, 5) is 12.2. The molecule has 0 saturated heterocycles. The Morgan fingerprint density at radius 2 is 2.12 bits per heavy atom. The van der Waals surface area contributed by atoms with Gasteiger partial charge in [-0.15, -0.1) is 5.10 Å². The third kappa shape index (κ3) is 4.69. The quantitative estimate of drug-likeness (QED) is 0.681. The summed E-state index contributed by atoms with van der Waals surface area (Å²) in [6.07, 6.45) is 3.99. The van der Waals surface area contributed by atoms with Crippen molar-refractivity contribution < 1.29 is 13.9 Å². The van der Waals surface area contributed by atoms with Crippen LogP contribution in [0.3, 0.4) is 0 Å². The van der Waals surface area contributed by atoms with Crippen LogP contribution in [0.5, 0.6) is 5.75 Å². The van der Waals surface area contributed by atoms with E-state index in [-0.39, 0.29) is 5.91 Å². The Balaban J connectivity index is 1.47. The van der Waals surface area contributed by atoms with Crippen LogP contribution in [-0.4, -0.2) is 27.4 Å². The summed E-state index contributed by atoms with van der Waals surface area (Å²) in [7, 11) is 0. The van der Waals surface area contributed by atoms with E-state index in [4.69, 9.17) is 9.15 Å². The topological polar surface area (TPSA) is 82.2 Å². The molecule has 0 aliphatic carbocycles. The summed E-state index contributed by atoms with van der Waals surface area (Å²) in [6.45, 7) is 2.59. The largest absolute Gasteiger partial charge is 0.487 e. The van der Waals surface area contributed by atoms with Gasteiger partial charge in [0.1, 0.15) is 29.9 Å².